The van der Waals surface area contributed by atoms with Gasteiger partial charge in [0.05, 0.1) is 24.0 Å². The number of amides is 2. The van der Waals surface area contributed by atoms with Gasteiger partial charge in [-0.25, -0.2) is 9.18 Å². The number of ether oxygens (including phenoxy) is 2. The van der Waals surface area contributed by atoms with Crippen LogP contribution in [0.25, 0.3) is 11.3 Å². The first-order valence-electron chi connectivity index (χ1n) is 11.1. The van der Waals surface area contributed by atoms with Crippen LogP contribution in [0.2, 0.25) is 0 Å². The summed E-state index contributed by atoms with van der Waals surface area (Å²) in [5.41, 5.74) is 0.352. The van der Waals surface area contributed by atoms with Gasteiger partial charge in [-0.15, -0.1) is 0 Å². The number of benzene rings is 1. The summed E-state index contributed by atoms with van der Waals surface area (Å²) < 4.78 is 51.0. The number of alkyl carbamates (subject to hydrolysis) is 1. The van der Waals surface area contributed by atoms with E-state index in [1.54, 1.807) is 57.2 Å². The molecule has 190 valence electrons. The highest BCUT2D eigenvalue weighted by molar-refractivity contribution is 5.80. The number of aromatic nitrogens is 2. The fraction of sp³-hybridized carbons (Fsp3) is 0.500. The first-order valence-corrected chi connectivity index (χ1v) is 11.1. The van der Waals surface area contributed by atoms with Crippen molar-refractivity contribution in [1.29, 1.82) is 0 Å². The highest BCUT2D eigenvalue weighted by Crippen LogP contribution is 2.42. The number of alkyl halides is 3. The van der Waals surface area contributed by atoms with Gasteiger partial charge in [0.25, 0.3) is 5.91 Å². The summed E-state index contributed by atoms with van der Waals surface area (Å²) in [6.45, 7) is 7.33. The minimum Gasteiger partial charge on any atom is -0.444 e. The van der Waals surface area contributed by atoms with Gasteiger partial charge in [0, 0.05) is 5.56 Å². The molecule has 3 rings (SSSR count). The van der Waals surface area contributed by atoms with Gasteiger partial charge in [0.1, 0.15) is 24.1 Å². The molecular formula is C24H29F3N4O4. The van der Waals surface area contributed by atoms with E-state index in [1.165, 1.54) is 13.8 Å². The number of rotatable bonds is 6. The molecule has 1 aliphatic heterocycles. The minimum absolute atomic E-state index is 0.147. The van der Waals surface area contributed by atoms with E-state index in [2.05, 4.69) is 15.5 Å². The molecule has 2 aromatic rings. The van der Waals surface area contributed by atoms with E-state index in [4.69, 9.17) is 9.47 Å². The Kier molecular flexibility index (Phi) is 7.68. The third-order valence-corrected chi connectivity index (χ3v) is 5.33. The Morgan fingerprint density at radius 1 is 1.14 bits per heavy atom. The molecule has 8 nitrogen and oxygen atoms in total. The second-order valence-corrected chi connectivity index (χ2v) is 9.60. The zero-order valence-electron chi connectivity index (χ0n) is 20.2. The molecule has 1 aliphatic rings. The molecule has 0 unspecified atom stereocenters. The van der Waals surface area contributed by atoms with Gasteiger partial charge in [0.2, 0.25) is 0 Å². The number of carbonyl (C=O) groups excluding carboxylic acids is 2. The van der Waals surface area contributed by atoms with Crippen LogP contribution in [0.5, 0.6) is 0 Å². The van der Waals surface area contributed by atoms with Crippen molar-refractivity contribution >= 4 is 12.0 Å². The van der Waals surface area contributed by atoms with Gasteiger partial charge in [-0.1, -0.05) is 24.3 Å². The van der Waals surface area contributed by atoms with Crippen LogP contribution in [0, 0.1) is 0 Å². The zero-order chi connectivity index (χ0) is 26.0. The number of halogens is 3. The lowest BCUT2D eigenvalue weighted by atomic mass is 10.00. The van der Waals surface area contributed by atoms with E-state index in [-0.39, 0.29) is 6.54 Å². The first kappa shape index (κ1) is 26.4. The van der Waals surface area contributed by atoms with E-state index < -0.39 is 48.6 Å². The van der Waals surface area contributed by atoms with Crippen LogP contribution in [-0.4, -0.2) is 57.6 Å². The van der Waals surface area contributed by atoms with Crippen LogP contribution in [-0.2, 0) is 20.8 Å². The summed E-state index contributed by atoms with van der Waals surface area (Å²) in [5, 5.41) is 10.9. The molecule has 0 radical (unpaired) electrons. The van der Waals surface area contributed by atoms with Crippen LogP contribution in [0.1, 0.15) is 52.0 Å². The molecule has 2 amide bonds. The Morgan fingerprint density at radius 2 is 1.80 bits per heavy atom. The van der Waals surface area contributed by atoms with E-state index >= 15 is 0 Å². The maximum absolute atomic E-state index is 13.9. The molecule has 0 spiro atoms. The van der Waals surface area contributed by atoms with Crippen LogP contribution in [0.3, 0.4) is 0 Å². The summed E-state index contributed by atoms with van der Waals surface area (Å²) in [6, 6.07) is 9.07. The van der Waals surface area contributed by atoms with Crippen molar-refractivity contribution in [3.05, 3.63) is 47.7 Å². The lowest BCUT2D eigenvalue weighted by molar-refractivity contribution is -0.159. The second-order valence-electron chi connectivity index (χ2n) is 9.60. The molecule has 2 atom stereocenters. The topological polar surface area (TPSA) is 93.7 Å². The second kappa shape index (κ2) is 10.2. The van der Waals surface area contributed by atoms with Crippen molar-refractivity contribution in [2.24, 2.45) is 0 Å². The summed E-state index contributed by atoms with van der Waals surface area (Å²) in [7, 11) is 0. The Bertz CT molecular complexity index is 1040. The average molecular weight is 495 g/mol. The predicted molar refractivity (Wildman–Crippen MR) is 121 cm³/mol. The van der Waals surface area contributed by atoms with Crippen molar-refractivity contribution in [2.45, 2.75) is 71.1 Å². The summed E-state index contributed by atoms with van der Waals surface area (Å²) in [4.78, 5) is 24.5. The third-order valence-electron chi connectivity index (χ3n) is 5.33. The fourth-order valence-electron chi connectivity index (χ4n) is 3.88. The standard InChI is InChI=1S/C24H29F3N4O4/c1-23(2,3)35-22(33)28-13-16-10-11-17(30-29-16)14-6-8-15(9-7-14)19-18(12-25)31(21(32)20(26)27)24(4,5)34-19/h6-11,18-20H,12-13H2,1-5H3,(H,28,33)/t18-,19+/m0/s1. The summed E-state index contributed by atoms with van der Waals surface area (Å²) in [6.07, 6.45) is -4.72. The smallest absolute Gasteiger partial charge is 0.407 e. The fourth-order valence-corrected chi connectivity index (χ4v) is 3.88. The van der Waals surface area contributed by atoms with E-state index in [0.717, 1.165) is 4.90 Å². The van der Waals surface area contributed by atoms with Gasteiger partial charge in [-0.2, -0.15) is 19.0 Å². The molecule has 1 fully saturated rings. The van der Waals surface area contributed by atoms with Crippen LogP contribution >= 0.6 is 0 Å². The Morgan fingerprint density at radius 3 is 2.31 bits per heavy atom. The van der Waals surface area contributed by atoms with Crippen LogP contribution in [0.4, 0.5) is 18.0 Å². The van der Waals surface area contributed by atoms with Gasteiger partial charge >= 0.3 is 12.5 Å². The van der Waals surface area contributed by atoms with Crippen molar-refractivity contribution in [1.82, 2.24) is 20.4 Å². The molecule has 0 bridgehead atoms. The number of carbonyl (C=O) groups is 2. The largest absolute Gasteiger partial charge is 0.444 e. The van der Waals surface area contributed by atoms with Gasteiger partial charge in [-0.3, -0.25) is 4.79 Å². The SMILES string of the molecule is CC(C)(C)OC(=O)NCc1ccc(-c2ccc([C@H]3OC(C)(C)N(C(=O)C(F)F)[C@H]3CF)cc2)nn1. The Labute approximate surface area is 201 Å². The highest BCUT2D eigenvalue weighted by Gasteiger charge is 2.52. The van der Waals surface area contributed by atoms with Crippen LogP contribution < -0.4 is 5.32 Å². The van der Waals surface area contributed by atoms with Crippen molar-refractivity contribution in [2.75, 3.05) is 6.67 Å². The maximum Gasteiger partial charge on any atom is 0.407 e. The molecule has 0 saturated carbocycles. The van der Waals surface area contributed by atoms with Crippen molar-refractivity contribution in [3.8, 4) is 11.3 Å². The highest BCUT2D eigenvalue weighted by atomic mass is 19.3. The quantitative estimate of drug-likeness (QED) is 0.640. The molecule has 0 aliphatic carbocycles. The van der Waals surface area contributed by atoms with Crippen molar-refractivity contribution in [3.63, 3.8) is 0 Å². The maximum atomic E-state index is 13.9. The third kappa shape index (κ3) is 6.27. The number of nitrogens with zero attached hydrogens (tertiary/aromatic N) is 3. The molecule has 1 aromatic heterocycles. The molecular weight excluding hydrogens is 465 g/mol. The van der Waals surface area contributed by atoms with E-state index in [9.17, 15) is 22.8 Å². The molecule has 35 heavy (non-hydrogen) atoms. The lowest BCUT2D eigenvalue weighted by Crippen LogP contribution is -2.51. The average Bonchev–Trinajstić information content (AvgIpc) is 3.06. The normalized spacial score (nSPS) is 19.6. The van der Waals surface area contributed by atoms with Gasteiger partial charge in [-0.05, 0) is 52.3 Å². The van der Waals surface area contributed by atoms with Gasteiger partial charge in [0.15, 0.2) is 0 Å². The number of hydrogen-bond acceptors (Lipinski definition) is 6. The molecule has 1 aromatic carbocycles. The molecule has 11 heteroatoms. The molecule has 2 heterocycles. The minimum atomic E-state index is -3.26. The molecule has 1 N–H and O–H groups in total. The number of hydrogen-bond donors (Lipinski definition) is 1. The predicted octanol–water partition coefficient (Wildman–Crippen LogP) is 4.41. The molecule has 1 saturated heterocycles. The number of nitrogens with one attached hydrogen (secondary N) is 1. The monoisotopic (exact) mass is 494 g/mol. The Hall–Kier alpha value is -3.21. The lowest BCUT2D eigenvalue weighted by Gasteiger charge is -2.32. The summed E-state index contributed by atoms with van der Waals surface area (Å²) >= 11 is 0. The van der Waals surface area contributed by atoms with E-state index in [0.29, 0.717) is 22.5 Å². The Balaban J connectivity index is 1.70. The van der Waals surface area contributed by atoms with Crippen molar-refractivity contribution < 1.29 is 32.2 Å². The van der Waals surface area contributed by atoms with E-state index in [1.807, 2.05) is 0 Å². The summed E-state index contributed by atoms with van der Waals surface area (Å²) in [5.74, 6) is -1.46. The van der Waals surface area contributed by atoms with Crippen LogP contribution in [0.15, 0.2) is 36.4 Å². The first-order chi connectivity index (χ1) is 16.3. The van der Waals surface area contributed by atoms with Gasteiger partial charge < -0.3 is 19.7 Å². The zero-order valence-corrected chi connectivity index (χ0v) is 20.2.